The van der Waals surface area contributed by atoms with Crippen molar-refractivity contribution in [2.45, 2.75) is 6.92 Å². The molecule has 0 atom stereocenters. The van der Waals surface area contributed by atoms with Crippen LogP contribution in [-0.4, -0.2) is 14.8 Å². The largest absolute Gasteiger partial charge is 0.288 e. The Morgan fingerprint density at radius 1 is 1.27 bits per heavy atom. The van der Waals surface area contributed by atoms with E-state index in [1.54, 1.807) is 12.7 Å². The number of benzene rings is 1. The lowest BCUT2D eigenvalue weighted by Crippen LogP contribution is -1.93. The van der Waals surface area contributed by atoms with Gasteiger partial charge in [0.05, 0.1) is 5.69 Å². The van der Waals surface area contributed by atoms with Gasteiger partial charge in [-0.15, -0.1) is 10.2 Å². The lowest BCUT2D eigenvalue weighted by molar-refractivity contribution is 1.05. The van der Waals surface area contributed by atoms with Crippen molar-refractivity contribution in [1.82, 2.24) is 14.8 Å². The minimum Gasteiger partial charge on any atom is -0.288 e. The van der Waals surface area contributed by atoms with Crippen molar-refractivity contribution in [3.63, 3.8) is 0 Å². The summed E-state index contributed by atoms with van der Waals surface area (Å²) in [6, 6.07) is 5.71. The quantitative estimate of drug-likeness (QED) is 0.778. The van der Waals surface area contributed by atoms with Crippen molar-refractivity contribution in [2.24, 2.45) is 0 Å². The Kier molecular flexibility index (Phi) is 2.83. The second-order valence-corrected chi connectivity index (χ2v) is 3.51. The Balaban J connectivity index is 2.56. The van der Waals surface area contributed by atoms with Crippen molar-refractivity contribution in [2.75, 3.05) is 0 Å². The third kappa shape index (κ3) is 2.07. The van der Waals surface area contributed by atoms with Crippen molar-refractivity contribution in [3.8, 4) is 5.69 Å². The molecule has 0 spiro atoms. The molecule has 2 rings (SSSR count). The first-order valence-electron chi connectivity index (χ1n) is 4.58. The van der Waals surface area contributed by atoms with Crippen LogP contribution in [0.25, 0.3) is 11.8 Å². The van der Waals surface area contributed by atoms with E-state index in [1.807, 2.05) is 41.8 Å². The zero-order valence-electron chi connectivity index (χ0n) is 8.26. The number of rotatable bonds is 2. The van der Waals surface area contributed by atoms with Crippen molar-refractivity contribution >= 4 is 17.7 Å². The van der Waals surface area contributed by atoms with E-state index in [0.29, 0.717) is 0 Å². The zero-order valence-corrected chi connectivity index (χ0v) is 9.02. The van der Waals surface area contributed by atoms with Gasteiger partial charge in [0, 0.05) is 5.02 Å². The average Bonchev–Trinajstić information content (AvgIpc) is 2.71. The van der Waals surface area contributed by atoms with Gasteiger partial charge < -0.3 is 0 Å². The standard InChI is InChI=1S/C11H10ClN3/c1-2-3-9-6-10(12)4-5-11(9)15-7-13-14-8-15/h2-8H,1H3. The van der Waals surface area contributed by atoms with Gasteiger partial charge >= 0.3 is 0 Å². The minimum absolute atomic E-state index is 0.722. The highest BCUT2D eigenvalue weighted by Gasteiger charge is 2.02. The second kappa shape index (κ2) is 4.28. The van der Waals surface area contributed by atoms with E-state index in [1.165, 1.54) is 0 Å². The molecule has 0 radical (unpaired) electrons. The summed E-state index contributed by atoms with van der Waals surface area (Å²) < 4.78 is 1.85. The second-order valence-electron chi connectivity index (χ2n) is 3.07. The summed E-state index contributed by atoms with van der Waals surface area (Å²) in [6.45, 7) is 1.97. The Morgan fingerprint density at radius 3 is 2.67 bits per heavy atom. The fourth-order valence-corrected chi connectivity index (χ4v) is 1.58. The van der Waals surface area contributed by atoms with E-state index in [9.17, 15) is 0 Å². The van der Waals surface area contributed by atoms with Gasteiger partial charge in [-0.1, -0.05) is 23.8 Å². The van der Waals surface area contributed by atoms with Crippen LogP contribution in [0.15, 0.2) is 36.9 Å². The van der Waals surface area contributed by atoms with Crippen LogP contribution in [0.1, 0.15) is 12.5 Å². The third-order valence-corrected chi connectivity index (χ3v) is 2.27. The van der Waals surface area contributed by atoms with Crippen molar-refractivity contribution in [1.29, 1.82) is 0 Å². The summed E-state index contributed by atoms with van der Waals surface area (Å²) >= 11 is 5.94. The first-order chi connectivity index (χ1) is 7.31. The van der Waals surface area contributed by atoms with E-state index in [4.69, 9.17) is 11.6 Å². The number of hydrogen-bond donors (Lipinski definition) is 0. The summed E-state index contributed by atoms with van der Waals surface area (Å²) in [5.41, 5.74) is 2.06. The molecule has 0 aliphatic carbocycles. The predicted octanol–water partition coefficient (Wildman–Crippen LogP) is 2.95. The molecule has 0 fully saturated rings. The highest BCUT2D eigenvalue weighted by molar-refractivity contribution is 6.30. The van der Waals surface area contributed by atoms with Crippen LogP contribution in [0.5, 0.6) is 0 Å². The summed E-state index contributed by atoms with van der Waals surface area (Å²) in [5, 5.41) is 8.28. The lowest BCUT2D eigenvalue weighted by atomic mass is 10.1. The molecule has 1 aromatic carbocycles. The molecule has 15 heavy (non-hydrogen) atoms. The molecule has 3 nitrogen and oxygen atoms in total. The van der Waals surface area contributed by atoms with Crippen LogP contribution >= 0.6 is 11.6 Å². The fraction of sp³-hybridized carbons (Fsp3) is 0.0909. The molecule has 0 unspecified atom stereocenters. The van der Waals surface area contributed by atoms with Gasteiger partial charge in [0.25, 0.3) is 0 Å². The molecule has 2 aromatic rings. The van der Waals surface area contributed by atoms with Gasteiger partial charge in [-0.05, 0) is 30.7 Å². The van der Waals surface area contributed by atoms with E-state index in [2.05, 4.69) is 10.2 Å². The number of allylic oxidation sites excluding steroid dienone is 1. The summed E-state index contributed by atoms with van der Waals surface area (Å²) in [7, 11) is 0. The molecule has 0 amide bonds. The Morgan fingerprint density at radius 2 is 2.00 bits per heavy atom. The molecule has 0 bridgehead atoms. The van der Waals surface area contributed by atoms with Gasteiger partial charge in [0.15, 0.2) is 0 Å². The van der Waals surface area contributed by atoms with Gasteiger partial charge in [-0.3, -0.25) is 4.57 Å². The molecule has 76 valence electrons. The molecule has 4 heteroatoms. The SMILES string of the molecule is CC=Cc1cc(Cl)ccc1-n1cnnc1. The van der Waals surface area contributed by atoms with Crippen LogP contribution in [0.2, 0.25) is 5.02 Å². The molecular formula is C11H10ClN3. The van der Waals surface area contributed by atoms with Crippen molar-refractivity contribution in [3.05, 3.63) is 47.5 Å². The molecule has 1 heterocycles. The number of halogens is 1. The Hall–Kier alpha value is -1.61. The van der Waals surface area contributed by atoms with Crippen LogP contribution in [-0.2, 0) is 0 Å². The van der Waals surface area contributed by atoms with Crippen LogP contribution in [0, 0.1) is 0 Å². The number of hydrogen-bond acceptors (Lipinski definition) is 2. The summed E-state index contributed by atoms with van der Waals surface area (Å²) in [5.74, 6) is 0. The van der Waals surface area contributed by atoms with E-state index in [-0.39, 0.29) is 0 Å². The average molecular weight is 220 g/mol. The zero-order chi connectivity index (χ0) is 10.7. The van der Waals surface area contributed by atoms with Crippen LogP contribution < -0.4 is 0 Å². The molecule has 0 saturated carbocycles. The normalized spacial score (nSPS) is 11.1. The monoisotopic (exact) mass is 219 g/mol. The van der Waals surface area contributed by atoms with E-state index in [0.717, 1.165) is 16.3 Å². The van der Waals surface area contributed by atoms with Gasteiger partial charge in [-0.25, -0.2) is 0 Å². The number of aromatic nitrogens is 3. The maximum Gasteiger partial charge on any atom is 0.123 e. The van der Waals surface area contributed by atoms with Gasteiger partial charge in [0.2, 0.25) is 0 Å². The third-order valence-electron chi connectivity index (χ3n) is 2.03. The summed E-state index contributed by atoms with van der Waals surface area (Å²) in [6.07, 6.45) is 7.30. The fourth-order valence-electron chi connectivity index (χ4n) is 1.40. The van der Waals surface area contributed by atoms with Crippen LogP contribution in [0.4, 0.5) is 0 Å². The highest BCUT2D eigenvalue weighted by atomic mass is 35.5. The van der Waals surface area contributed by atoms with E-state index < -0.39 is 0 Å². The van der Waals surface area contributed by atoms with Crippen LogP contribution in [0.3, 0.4) is 0 Å². The minimum atomic E-state index is 0.722. The molecule has 0 aliphatic heterocycles. The molecular weight excluding hydrogens is 210 g/mol. The predicted molar refractivity (Wildman–Crippen MR) is 61.1 cm³/mol. The Bertz CT molecular complexity index is 475. The number of nitrogens with zero attached hydrogens (tertiary/aromatic N) is 3. The van der Waals surface area contributed by atoms with Gasteiger partial charge in [-0.2, -0.15) is 0 Å². The maximum absolute atomic E-state index is 5.94. The topological polar surface area (TPSA) is 30.7 Å². The van der Waals surface area contributed by atoms with E-state index >= 15 is 0 Å². The molecule has 0 N–H and O–H groups in total. The first kappa shape index (κ1) is 9.93. The molecule has 0 saturated heterocycles. The molecule has 1 aromatic heterocycles. The smallest absolute Gasteiger partial charge is 0.123 e. The lowest BCUT2D eigenvalue weighted by Gasteiger charge is -2.06. The highest BCUT2D eigenvalue weighted by Crippen LogP contribution is 2.20. The summed E-state index contributed by atoms with van der Waals surface area (Å²) in [4.78, 5) is 0. The first-order valence-corrected chi connectivity index (χ1v) is 4.96. The Labute approximate surface area is 93.0 Å². The van der Waals surface area contributed by atoms with Gasteiger partial charge in [0.1, 0.15) is 12.7 Å². The van der Waals surface area contributed by atoms with Crippen molar-refractivity contribution < 1.29 is 0 Å². The maximum atomic E-state index is 5.94. The molecule has 0 aliphatic rings.